The van der Waals surface area contributed by atoms with E-state index in [0.717, 1.165) is 26.2 Å². The molecular formula is C11H24O4. The van der Waals surface area contributed by atoms with E-state index >= 15 is 0 Å². The van der Waals surface area contributed by atoms with Gasteiger partial charge >= 0.3 is 0 Å². The van der Waals surface area contributed by atoms with Gasteiger partial charge in [0.05, 0.1) is 26.4 Å². The number of aliphatic hydroxyl groups is 1. The molecule has 0 aromatic rings. The first-order valence-electron chi connectivity index (χ1n) is 5.65. The Morgan fingerprint density at radius 2 is 1.60 bits per heavy atom. The summed E-state index contributed by atoms with van der Waals surface area (Å²) in [5.74, 6) is 0.378. The monoisotopic (exact) mass is 220 g/mol. The summed E-state index contributed by atoms with van der Waals surface area (Å²) in [6.45, 7) is 8.18. The minimum Gasteiger partial charge on any atom is -0.394 e. The van der Waals surface area contributed by atoms with E-state index in [9.17, 15) is 0 Å². The van der Waals surface area contributed by atoms with Gasteiger partial charge < -0.3 is 19.3 Å². The van der Waals surface area contributed by atoms with Crippen LogP contribution in [0.15, 0.2) is 0 Å². The maximum absolute atomic E-state index is 8.51. The summed E-state index contributed by atoms with van der Waals surface area (Å²) in [5, 5.41) is 8.51. The highest BCUT2D eigenvalue weighted by Crippen LogP contribution is 1.97. The first kappa shape index (κ1) is 14.8. The third kappa shape index (κ3) is 11.8. The molecule has 0 aromatic heterocycles. The molecular weight excluding hydrogens is 196 g/mol. The second-order valence-corrected chi connectivity index (χ2v) is 3.53. The van der Waals surface area contributed by atoms with Crippen LogP contribution < -0.4 is 0 Å². The van der Waals surface area contributed by atoms with Gasteiger partial charge in [-0.15, -0.1) is 0 Å². The van der Waals surface area contributed by atoms with Gasteiger partial charge in [0.15, 0.2) is 0 Å². The largest absolute Gasteiger partial charge is 0.394 e. The van der Waals surface area contributed by atoms with Crippen molar-refractivity contribution < 1.29 is 19.3 Å². The number of hydrogen-bond donors (Lipinski definition) is 1. The van der Waals surface area contributed by atoms with Crippen LogP contribution in [-0.2, 0) is 14.2 Å². The Bertz CT molecular complexity index is 119. The molecule has 0 aromatic carbocycles. The maximum atomic E-state index is 8.51. The molecule has 1 atom stereocenters. The lowest BCUT2D eigenvalue weighted by atomic mass is 10.2. The molecule has 0 heterocycles. The van der Waals surface area contributed by atoms with E-state index in [1.807, 2.05) is 6.92 Å². The lowest BCUT2D eigenvalue weighted by Crippen LogP contribution is -2.15. The Morgan fingerprint density at radius 3 is 2.20 bits per heavy atom. The highest BCUT2D eigenvalue weighted by atomic mass is 16.5. The van der Waals surface area contributed by atoms with Gasteiger partial charge in [0.25, 0.3) is 0 Å². The van der Waals surface area contributed by atoms with E-state index in [0.29, 0.717) is 25.7 Å². The molecule has 0 bridgehead atoms. The van der Waals surface area contributed by atoms with Gasteiger partial charge in [-0.3, -0.25) is 0 Å². The van der Waals surface area contributed by atoms with Gasteiger partial charge in [-0.05, 0) is 13.3 Å². The molecule has 0 saturated carbocycles. The third-order valence-electron chi connectivity index (χ3n) is 1.82. The maximum Gasteiger partial charge on any atom is 0.0697 e. The van der Waals surface area contributed by atoms with E-state index in [1.54, 1.807) is 0 Å². The van der Waals surface area contributed by atoms with Gasteiger partial charge in [0, 0.05) is 25.7 Å². The minimum absolute atomic E-state index is 0.0853. The number of rotatable bonds is 11. The SMILES string of the molecule is CCOCCCOCC(C)COCCO. The summed E-state index contributed by atoms with van der Waals surface area (Å²) in [6.07, 6.45) is 0.943. The van der Waals surface area contributed by atoms with Crippen molar-refractivity contribution in [3.8, 4) is 0 Å². The Kier molecular flexibility index (Phi) is 11.8. The van der Waals surface area contributed by atoms with Crippen LogP contribution in [0.5, 0.6) is 0 Å². The number of ether oxygens (including phenoxy) is 3. The van der Waals surface area contributed by atoms with Gasteiger partial charge in [-0.1, -0.05) is 6.92 Å². The topological polar surface area (TPSA) is 47.9 Å². The second kappa shape index (κ2) is 11.9. The van der Waals surface area contributed by atoms with Crippen molar-refractivity contribution in [1.29, 1.82) is 0 Å². The molecule has 0 aliphatic rings. The summed E-state index contributed by atoms with van der Waals surface area (Å²) in [5.41, 5.74) is 0. The predicted molar refractivity (Wildman–Crippen MR) is 59.0 cm³/mol. The van der Waals surface area contributed by atoms with Crippen molar-refractivity contribution in [2.45, 2.75) is 20.3 Å². The van der Waals surface area contributed by atoms with Gasteiger partial charge in [-0.2, -0.15) is 0 Å². The second-order valence-electron chi connectivity index (χ2n) is 3.53. The van der Waals surface area contributed by atoms with Crippen molar-refractivity contribution in [2.24, 2.45) is 5.92 Å². The molecule has 4 nitrogen and oxygen atoms in total. The zero-order valence-corrected chi connectivity index (χ0v) is 9.91. The molecule has 92 valence electrons. The van der Waals surface area contributed by atoms with E-state index in [2.05, 4.69) is 6.92 Å². The summed E-state index contributed by atoms with van der Waals surface area (Å²) in [6, 6.07) is 0. The quantitative estimate of drug-likeness (QED) is 0.529. The van der Waals surface area contributed by atoms with E-state index in [-0.39, 0.29) is 6.61 Å². The van der Waals surface area contributed by atoms with Crippen molar-refractivity contribution in [3.63, 3.8) is 0 Å². The van der Waals surface area contributed by atoms with Gasteiger partial charge in [-0.25, -0.2) is 0 Å². The Hall–Kier alpha value is -0.160. The Labute approximate surface area is 92.5 Å². The van der Waals surface area contributed by atoms with E-state index < -0.39 is 0 Å². The number of aliphatic hydroxyl groups excluding tert-OH is 1. The fourth-order valence-corrected chi connectivity index (χ4v) is 1.09. The zero-order valence-electron chi connectivity index (χ0n) is 9.91. The van der Waals surface area contributed by atoms with Crippen molar-refractivity contribution >= 4 is 0 Å². The van der Waals surface area contributed by atoms with Crippen LogP contribution in [0, 0.1) is 5.92 Å². The fraction of sp³-hybridized carbons (Fsp3) is 1.00. The molecule has 15 heavy (non-hydrogen) atoms. The van der Waals surface area contributed by atoms with Crippen LogP contribution in [0.3, 0.4) is 0 Å². The highest BCUT2D eigenvalue weighted by molar-refractivity contribution is 4.48. The van der Waals surface area contributed by atoms with Crippen molar-refractivity contribution in [1.82, 2.24) is 0 Å². The minimum atomic E-state index is 0.0853. The summed E-state index contributed by atoms with van der Waals surface area (Å²) < 4.78 is 15.8. The van der Waals surface area contributed by atoms with Gasteiger partial charge in [0.1, 0.15) is 0 Å². The highest BCUT2D eigenvalue weighted by Gasteiger charge is 2.01. The average Bonchev–Trinajstić information content (AvgIpc) is 2.23. The third-order valence-corrected chi connectivity index (χ3v) is 1.82. The molecule has 1 N–H and O–H groups in total. The van der Waals surface area contributed by atoms with Crippen molar-refractivity contribution in [3.05, 3.63) is 0 Å². The van der Waals surface area contributed by atoms with Crippen LogP contribution >= 0.6 is 0 Å². The summed E-state index contributed by atoms with van der Waals surface area (Å²) in [7, 11) is 0. The lowest BCUT2D eigenvalue weighted by Gasteiger charge is -2.12. The molecule has 0 saturated heterocycles. The van der Waals surface area contributed by atoms with Gasteiger partial charge in [0.2, 0.25) is 0 Å². The molecule has 0 fully saturated rings. The molecule has 1 unspecified atom stereocenters. The standard InChI is InChI=1S/C11H24O4/c1-3-13-6-4-7-14-9-11(2)10-15-8-5-12/h11-12H,3-10H2,1-2H3. The van der Waals surface area contributed by atoms with Crippen LogP contribution in [-0.4, -0.2) is 51.4 Å². The van der Waals surface area contributed by atoms with E-state index in [1.165, 1.54) is 0 Å². The Balaban J connectivity index is 3.06. The van der Waals surface area contributed by atoms with Crippen LogP contribution in [0.4, 0.5) is 0 Å². The molecule has 4 heteroatoms. The van der Waals surface area contributed by atoms with Crippen molar-refractivity contribution in [2.75, 3.05) is 46.2 Å². The molecule has 0 radical (unpaired) electrons. The van der Waals surface area contributed by atoms with Crippen LogP contribution in [0.2, 0.25) is 0 Å². The lowest BCUT2D eigenvalue weighted by molar-refractivity contribution is 0.0259. The first-order valence-corrected chi connectivity index (χ1v) is 5.65. The van der Waals surface area contributed by atoms with Crippen LogP contribution in [0.25, 0.3) is 0 Å². The number of hydrogen-bond acceptors (Lipinski definition) is 4. The molecule has 0 rings (SSSR count). The fourth-order valence-electron chi connectivity index (χ4n) is 1.09. The molecule has 0 aliphatic carbocycles. The Morgan fingerprint density at radius 1 is 1.00 bits per heavy atom. The first-order chi connectivity index (χ1) is 7.31. The molecule has 0 amide bonds. The summed E-state index contributed by atoms with van der Waals surface area (Å²) >= 11 is 0. The smallest absolute Gasteiger partial charge is 0.0697 e. The average molecular weight is 220 g/mol. The normalized spacial score (nSPS) is 13.0. The predicted octanol–water partition coefficient (Wildman–Crippen LogP) is 1.07. The molecule has 0 aliphatic heterocycles. The van der Waals surface area contributed by atoms with E-state index in [4.69, 9.17) is 19.3 Å². The zero-order chi connectivity index (χ0) is 11.4. The van der Waals surface area contributed by atoms with Crippen LogP contribution in [0.1, 0.15) is 20.3 Å². The molecule has 0 spiro atoms. The summed E-state index contributed by atoms with van der Waals surface area (Å²) in [4.78, 5) is 0.